The number of fused-ring (bicyclic) bond motifs is 3. The maximum atomic E-state index is 15.1. The lowest BCUT2D eigenvalue weighted by atomic mass is 9.86. The molecule has 2 aromatic heterocycles. The van der Waals surface area contributed by atoms with Gasteiger partial charge in [-0.3, -0.25) is 19.1 Å². The maximum absolute atomic E-state index is 15.1. The zero-order chi connectivity index (χ0) is 25.4. The highest BCUT2D eigenvalue weighted by Gasteiger charge is 2.62. The molecule has 2 aliphatic rings. The molecule has 13 heteroatoms. The van der Waals surface area contributed by atoms with Crippen LogP contribution in [0.3, 0.4) is 0 Å². The molecule has 4 heterocycles. The minimum Gasteiger partial charge on any atom is -0.386 e. The zero-order valence-electron chi connectivity index (χ0n) is 18.6. The van der Waals surface area contributed by atoms with Crippen LogP contribution in [0.15, 0.2) is 41.8 Å². The summed E-state index contributed by atoms with van der Waals surface area (Å²) in [7, 11) is -3.23. The number of halogens is 4. The van der Waals surface area contributed by atoms with E-state index in [1.165, 1.54) is 18.2 Å². The molecule has 0 unspecified atom stereocenters. The van der Waals surface area contributed by atoms with Crippen LogP contribution in [0.2, 0.25) is 0 Å². The first kappa shape index (κ1) is 23.7. The van der Waals surface area contributed by atoms with Crippen molar-refractivity contribution in [3.8, 4) is 0 Å². The van der Waals surface area contributed by atoms with E-state index in [1.54, 1.807) is 13.8 Å². The average Bonchev–Trinajstić information content (AvgIpc) is 2.97. The maximum Gasteiger partial charge on any atom is 0.417 e. The Kier molecular flexibility index (Phi) is 5.07. The summed E-state index contributed by atoms with van der Waals surface area (Å²) < 4.78 is 75.2. The van der Waals surface area contributed by atoms with Gasteiger partial charge in [0.1, 0.15) is 33.8 Å². The van der Waals surface area contributed by atoms with Crippen LogP contribution < -0.4 is 11.1 Å². The summed E-state index contributed by atoms with van der Waals surface area (Å²) in [5, 5.41) is 2.22. The third-order valence-corrected chi connectivity index (χ3v) is 10.3. The van der Waals surface area contributed by atoms with E-state index in [1.807, 2.05) is 0 Å². The van der Waals surface area contributed by atoms with Crippen LogP contribution in [-0.2, 0) is 11.7 Å². The van der Waals surface area contributed by atoms with Crippen molar-refractivity contribution < 1.29 is 26.7 Å². The molecule has 1 fully saturated rings. The number of amidine groups is 1. The van der Waals surface area contributed by atoms with E-state index in [0.717, 1.165) is 12.4 Å². The van der Waals surface area contributed by atoms with Crippen molar-refractivity contribution >= 4 is 39.0 Å². The van der Waals surface area contributed by atoms with Crippen molar-refractivity contribution in [2.24, 2.45) is 10.7 Å². The van der Waals surface area contributed by atoms with Gasteiger partial charge in [0.2, 0.25) is 0 Å². The number of nitrogens with one attached hydrogen (secondary N) is 1. The minimum absolute atomic E-state index is 0.0181. The van der Waals surface area contributed by atoms with Crippen LogP contribution in [0.1, 0.15) is 37.8 Å². The zero-order valence-corrected chi connectivity index (χ0v) is 19.5. The molecule has 1 aromatic carbocycles. The molecule has 5 rings (SSSR count). The fourth-order valence-electron chi connectivity index (χ4n) is 4.91. The molecule has 5 N–H and O–H groups in total. The van der Waals surface area contributed by atoms with Crippen molar-refractivity contribution in [2.75, 3.05) is 5.32 Å². The lowest BCUT2D eigenvalue weighted by molar-refractivity contribution is -0.137. The summed E-state index contributed by atoms with van der Waals surface area (Å²) in [6.45, 7) is 3.28. The predicted octanol–water partition coefficient (Wildman–Crippen LogP) is 5.18. The summed E-state index contributed by atoms with van der Waals surface area (Å²) in [4.78, 5) is 16.4. The van der Waals surface area contributed by atoms with Gasteiger partial charge in [0.05, 0.1) is 16.3 Å². The monoisotopic (exact) mass is 510 g/mol. The highest BCUT2D eigenvalue weighted by atomic mass is 32.3. The molecule has 0 amide bonds. The first-order valence-electron chi connectivity index (χ1n) is 10.6. The van der Waals surface area contributed by atoms with Crippen molar-refractivity contribution in [2.45, 2.75) is 48.4 Å². The summed E-state index contributed by atoms with van der Waals surface area (Å²) in [5.74, 6) is -0.422. The van der Waals surface area contributed by atoms with Gasteiger partial charge in [-0.2, -0.15) is 23.8 Å². The van der Waals surface area contributed by atoms with Crippen molar-refractivity contribution in [3.05, 3.63) is 53.7 Å². The summed E-state index contributed by atoms with van der Waals surface area (Å²) in [6.07, 6.45) is -1.97. The Bertz CT molecular complexity index is 1380. The Balaban J connectivity index is 1.56. The van der Waals surface area contributed by atoms with Gasteiger partial charge in [0.15, 0.2) is 5.82 Å². The molecule has 0 saturated carbocycles. The molecule has 0 radical (unpaired) electrons. The fourth-order valence-corrected chi connectivity index (χ4v) is 7.58. The second-order valence-corrected chi connectivity index (χ2v) is 11.8. The van der Waals surface area contributed by atoms with Gasteiger partial charge in [0.25, 0.3) is 0 Å². The molecule has 2 bridgehead atoms. The molecule has 0 spiro atoms. The van der Waals surface area contributed by atoms with Crippen LogP contribution in [0.5, 0.6) is 0 Å². The van der Waals surface area contributed by atoms with Gasteiger partial charge < -0.3 is 11.1 Å². The number of anilines is 2. The molecule has 2 aliphatic heterocycles. The average molecular weight is 511 g/mol. The van der Waals surface area contributed by atoms with Gasteiger partial charge in [0, 0.05) is 17.4 Å². The molecular formula is C22H22F4N6O2S. The van der Waals surface area contributed by atoms with Crippen molar-refractivity contribution in [1.29, 1.82) is 0 Å². The number of alkyl halides is 3. The van der Waals surface area contributed by atoms with Crippen molar-refractivity contribution in [3.63, 3.8) is 0 Å². The second-order valence-electron chi connectivity index (χ2n) is 9.13. The third-order valence-electron chi connectivity index (χ3n) is 7.04. The Hall–Kier alpha value is -3.03. The van der Waals surface area contributed by atoms with Crippen LogP contribution in [-0.4, -0.2) is 39.9 Å². The van der Waals surface area contributed by atoms with Crippen LogP contribution in [0, 0.1) is 5.82 Å². The third kappa shape index (κ3) is 3.44. The number of hydrogen-bond acceptors (Lipinski definition) is 8. The summed E-state index contributed by atoms with van der Waals surface area (Å²) >= 11 is 0. The van der Waals surface area contributed by atoms with E-state index in [-0.39, 0.29) is 28.3 Å². The normalized spacial score (nSPS) is 28.6. The smallest absolute Gasteiger partial charge is 0.386 e. The number of hydrogen-bond donors (Lipinski definition) is 4. The number of aliphatic imine (C=N–C) groups is 1. The second kappa shape index (κ2) is 7.48. The number of benzene rings is 1. The molecule has 8 nitrogen and oxygen atoms in total. The molecule has 1 saturated heterocycles. The van der Waals surface area contributed by atoms with Crippen LogP contribution in [0.4, 0.5) is 29.1 Å². The lowest BCUT2D eigenvalue weighted by Gasteiger charge is -2.54. The van der Waals surface area contributed by atoms with E-state index < -0.39 is 43.7 Å². The standard InChI is InChI=1S/C22H22F4N6O2S/c1-20-6-5-16(35(20,33)34)21(2,32-19(20)27)13-8-12(3-4-14(13)23)31-18-17-15(29-10-30-18)7-11(9-28-17)22(24,25)26/h3-4,7-10,16,33-34H,5-6H2,1-2H3,(H2,27,32)(H,29,30,31)/t16-,20+,21+/m0/s1. The topological polar surface area (TPSA) is 130 Å². The molecule has 3 aromatic rings. The highest BCUT2D eigenvalue weighted by Crippen LogP contribution is 2.71. The Labute approximate surface area is 199 Å². The molecule has 3 atom stereocenters. The molecular weight excluding hydrogens is 488 g/mol. The van der Waals surface area contributed by atoms with E-state index in [2.05, 4.69) is 25.3 Å². The Morgan fingerprint density at radius 2 is 1.89 bits per heavy atom. The molecule has 35 heavy (non-hydrogen) atoms. The molecule has 0 aliphatic carbocycles. The number of nitrogens with zero attached hydrogens (tertiary/aromatic N) is 4. The summed E-state index contributed by atoms with van der Waals surface area (Å²) in [6, 6.07) is 4.95. The van der Waals surface area contributed by atoms with Gasteiger partial charge in [-0.05, 0) is 51.0 Å². The predicted molar refractivity (Wildman–Crippen MR) is 125 cm³/mol. The first-order valence-corrected chi connectivity index (χ1v) is 12.3. The number of aromatic nitrogens is 3. The van der Waals surface area contributed by atoms with Crippen molar-refractivity contribution in [1.82, 2.24) is 15.0 Å². The van der Waals surface area contributed by atoms with E-state index in [0.29, 0.717) is 24.7 Å². The highest BCUT2D eigenvalue weighted by molar-refractivity contribution is 8.26. The van der Waals surface area contributed by atoms with Gasteiger partial charge in [-0.1, -0.05) is 0 Å². The van der Waals surface area contributed by atoms with Gasteiger partial charge in [-0.15, -0.1) is 0 Å². The largest absolute Gasteiger partial charge is 0.417 e. The number of pyridine rings is 1. The van der Waals surface area contributed by atoms with Crippen LogP contribution in [0.25, 0.3) is 11.0 Å². The van der Waals surface area contributed by atoms with Gasteiger partial charge in [-0.25, -0.2) is 14.4 Å². The molecule has 186 valence electrons. The van der Waals surface area contributed by atoms with E-state index >= 15 is 4.39 Å². The fraction of sp³-hybridized carbons (Fsp3) is 0.364. The van der Waals surface area contributed by atoms with Crippen LogP contribution >= 0.6 is 10.6 Å². The number of rotatable bonds is 3. The summed E-state index contributed by atoms with van der Waals surface area (Å²) in [5.41, 5.74) is 4.41. The Morgan fingerprint density at radius 1 is 1.14 bits per heavy atom. The lowest BCUT2D eigenvalue weighted by Crippen LogP contribution is -2.53. The minimum atomic E-state index is -4.57. The first-order chi connectivity index (χ1) is 16.3. The quantitative estimate of drug-likeness (QED) is 0.357. The van der Waals surface area contributed by atoms with Gasteiger partial charge >= 0.3 is 6.18 Å². The SMILES string of the molecule is C[C@]1(c2cc(Nc3ncnc4cc(C(F)(F)F)cnc34)ccc2F)N=C(N)[C@@]2(C)CC[C@@H]1S2(O)O. The Morgan fingerprint density at radius 3 is 2.60 bits per heavy atom. The van der Waals surface area contributed by atoms with E-state index in [4.69, 9.17) is 5.73 Å². The van der Waals surface area contributed by atoms with E-state index in [9.17, 15) is 22.3 Å². The number of nitrogens with two attached hydrogens (primary N) is 1.